The van der Waals surface area contributed by atoms with Gasteiger partial charge in [0.25, 0.3) is 0 Å². The van der Waals surface area contributed by atoms with E-state index in [1.807, 2.05) is 0 Å². The second-order valence-electron chi connectivity index (χ2n) is 6.41. The molecule has 1 heterocycles. The summed E-state index contributed by atoms with van der Waals surface area (Å²) in [6.45, 7) is 6.90. The topological polar surface area (TPSA) is 15.3 Å². The Morgan fingerprint density at radius 2 is 1.79 bits per heavy atom. The lowest BCUT2D eigenvalue weighted by atomic mass is 9.78. The van der Waals surface area contributed by atoms with E-state index >= 15 is 0 Å². The highest BCUT2D eigenvalue weighted by atomic mass is 15.2. The first-order valence-corrected chi connectivity index (χ1v) is 7.86. The van der Waals surface area contributed by atoms with E-state index in [1.54, 1.807) is 0 Å². The molecule has 0 aromatic heterocycles. The average Bonchev–Trinajstić information content (AvgIpc) is 2.88. The summed E-state index contributed by atoms with van der Waals surface area (Å²) in [5.41, 5.74) is 3.51. The summed E-state index contributed by atoms with van der Waals surface area (Å²) in [7, 11) is 0. The van der Waals surface area contributed by atoms with Crippen LogP contribution >= 0.6 is 0 Å². The molecule has 0 amide bonds. The minimum Gasteiger partial charge on any atom is -0.370 e. The van der Waals surface area contributed by atoms with Crippen molar-refractivity contribution in [1.29, 1.82) is 0 Å². The van der Waals surface area contributed by atoms with Gasteiger partial charge in [-0.25, -0.2) is 0 Å². The molecule has 2 nitrogen and oxygen atoms in total. The van der Waals surface area contributed by atoms with Crippen molar-refractivity contribution in [2.45, 2.75) is 45.6 Å². The van der Waals surface area contributed by atoms with Gasteiger partial charge in [0, 0.05) is 30.7 Å². The molecule has 19 heavy (non-hydrogen) atoms. The molecule has 1 spiro atoms. The Kier molecular flexibility index (Phi) is 3.79. The van der Waals surface area contributed by atoms with Crippen molar-refractivity contribution in [2.75, 3.05) is 24.5 Å². The minimum atomic E-state index is 0.696. The molecule has 1 N–H and O–H groups in total. The van der Waals surface area contributed by atoms with E-state index in [0.29, 0.717) is 5.41 Å². The van der Waals surface area contributed by atoms with Crippen LogP contribution in [0.1, 0.15) is 44.6 Å². The van der Waals surface area contributed by atoms with Gasteiger partial charge in [0.1, 0.15) is 0 Å². The van der Waals surface area contributed by atoms with E-state index in [1.165, 1.54) is 56.4 Å². The van der Waals surface area contributed by atoms with Gasteiger partial charge in [0.15, 0.2) is 0 Å². The Hall–Kier alpha value is -1.02. The molecule has 104 valence electrons. The quantitative estimate of drug-likeness (QED) is 0.812. The lowest BCUT2D eigenvalue weighted by Crippen LogP contribution is -2.55. The van der Waals surface area contributed by atoms with E-state index in [0.717, 1.165) is 13.1 Å². The third-order valence-corrected chi connectivity index (χ3v) is 4.77. The van der Waals surface area contributed by atoms with Crippen LogP contribution in [0, 0.1) is 5.41 Å². The van der Waals surface area contributed by atoms with Crippen molar-refractivity contribution in [3.8, 4) is 0 Å². The number of nitrogens with zero attached hydrogens (tertiary/aromatic N) is 1. The predicted octanol–water partition coefficient (Wildman–Crippen LogP) is 3.57. The monoisotopic (exact) mass is 258 g/mol. The van der Waals surface area contributed by atoms with Gasteiger partial charge in [-0.15, -0.1) is 0 Å². The fourth-order valence-electron chi connectivity index (χ4n) is 3.62. The lowest BCUT2D eigenvalue weighted by Gasteiger charge is -2.49. The number of benzene rings is 1. The molecule has 1 aliphatic heterocycles. The van der Waals surface area contributed by atoms with Crippen molar-refractivity contribution >= 4 is 5.69 Å². The zero-order valence-corrected chi connectivity index (χ0v) is 12.1. The average molecular weight is 258 g/mol. The van der Waals surface area contributed by atoms with Crippen LogP contribution in [0.2, 0.25) is 0 Å². The Bertz CT molecular complexity index is 396. The Labute approximate surface area is 117 Å². The van der Waals surface area contributed by atoms with Gasteiger partial charge in [-0.2, -0.15) is 0 Å². The molecule has 2 heteroatoms. The molecule has 1 aliphatic carbocycles. The molecule has 2 fully saturated rings. The normalized spacial score (nSPS) is 20.8. The van der Waals surface area contributed by atoms with E-state index in [4.69, 9.17) is 0 Å². The summed E-state index contributed by atoms with van der Waals surface area (Å²) in [4.78, 5) is 2.55. The van der Waals surface area contributed by atoms with Crippen molar-refractivity contribution < 1.29 is 0 Å². The Morgan fingerprint density at radius 1 is 1.11 bits per heavy atom. The van der Waals surface area contributed by atoms with E-state index < -0.39 is 0 Å². The summed E-state index contributed by atoms with van der Waals surface area (Å²) in [6.07, 6.45) is 7.03. The molecule has 2 aliphatic rings. The summed E-state index contributed by atoms with van der Waals surface area (Å²) in [5.74, 6) is 0. The molecule has 0 bridgehead atoms. The Balaban J connectivity index is 1.52. The minimum absolute atomic E-state index is 0.696. The SMILES string of the molecule is CCCNCc1ccc(N2CC3(CCCC3)C2)cc1. The van der Waals surface area contributed by atoms with Crippen molar-refractivity contribution in [2.24, 2.45) is 5.41 Å². The molecule has 1 aromatic rings. The zero-order chi connectivity index (χ0) is 13.1. The summed E-state index contributed by atoms with van der Waals surface area (Å²) >= 11 is 0. The van der Waals surface area contributed by atoms with E-state index in [-0.39, 0.29) is 0 Å². The number of rotatable bonds is 5. The van der Waals surface area contributed by atoms with Crippen molar-refractivity contribution in [3.63, 3.8) is 0 Å². The van der Waals surface area contributed by atoms with Crippen LogP contribution in [0.4, 0.5) is 5.69 Å². The first-order chi connectivity index (χ1) is 9.31. The molecule has 1 aromatic carbocycles. The third-order valence-electron chi connectivity index (χ3n) is 4.77. The lowest BCUT2D eigenvalue weighted by molar-refractivity contribution is 0.222. The van der Waals surface area contributed by atoms with Crippen molar-refractivity contribution in [1.82, 2.24) is 5.32 Å². The maximum atomic E-state index is 3.45. The standard InChI is InChI=1S/C17H26N2/c1-2-11-18-12-15-5-7-16(8-6-15)19-13-17(14-19)9-3-4-10-17/h5-8,18H,2-4,9-14H2,1H3. The maximum absolute atomic E-state index is 3.45. The van der Waals surface area contributed by atoms with Gasteiger partial charge in [0.05, 0.1) is 0 Å². The first-order valence-electron chi connectivity index (χ1n) is 7.86. The summed E-state index contributed by atoms with van der Waals surface area (Å²) in [5, 5.41) is 3.45. The molecule has 1 saturated carbocycles. The molecule has 0 atom stereocenters. The molecule has 1 saturated heterocycles. The van der Waals surface area contributed by atoms with Gasteiger partial charge in [-0.1, -0.05) is 31.9 Å². The van der Waals surface area contributed by atoms with Crippen LogP contribution in [-0.2, 0) is 6.54 Å². The third kappa shape index (κ3) is 2.79. The first kappa shape index (κ1) is 13.0. The van der Waals surface area contributed by atoms with Gasteiger partial charge in [-0.3, -0.25) is 0 Å². The van der Waals surface area contributed by atoms with Crippen molar-refractivity contribution in [3.05, 3.63) is 29.8 Å². The highest BCUT2D eigenvalue weighted by Gasteiger charge is 2.44. The zero-order valence-electron chi connectivity index (χ0n) is 12.1. The predicted molar refractivity (Wildman–Crippen MR) is 81.6 cm³/mol. The highest BCUT2D eigenvalue weighted by molar-refractivity contribution is 5.51. The van der Waals surface area contributed by atoms with Gasteiger partial charge in [-0.05, 0) is 43.5 Å². The van der Waals surface area contributed by atoms with Gasteiger partial charge in [0.2, 0.25) is 0 Å². The van der Waals surface area contributed by atoms with Crippen LogP contribution in [-0.4, -0.2) is 19.6 Å². The van der Waals surface area contributed by atoms with Gasteiger partial charge >= 0.3 is 0 Å². The largest absolute Gasteiger partial charge is 0.370 e. The molecule has 3 rings (SSSR count). The van der Waals surface area contributed by atoms with Crippen LogP contribution < -0.4 is 10.2 Å². The van der Waals surface area contributed by atoms with Crippen LogP contribution in [0.3, 0.4) is 0 Å². The second-order valence-corrected chi connectivity index (χ2v) is 6.41. The summed E-state index contributed by atoms with van der Waals surface area (Å²) in [6, 6.07) is 9.14. The highest BCUT2D eigenvalue weighted by Crippen LogP contribution is 2.46. The number of hydrogen-bond acceptors (Lipinski definition) is 2. The second kappa shape index (κ2) is 5.54. The smallest absolute Gasteiger partial charge is 0.0366 e. The van der Waals surface area contributed by atoms with Crippen LogP contribution in [0.25, 0.3) is 0 Å². The maximum Gasteiger partial charge on any atom is 0.0366 e. The van der Waals surface area contributed by atoms with E-state index in [2.05, 4.69) is 41.4 Å². The summed E-state index contributed by atoms with van der Waals surface area (Å²) < 4.78 is 0. The molecular weight excluding hydrogens is 232 g/mol. The molecule has 0 radical (unpaired) electrons. The number of anilines is 1. The van der Waals surface area contributed by atoms with Crippen LogP contribution in [0.15, 0.2) is 24.3 Å². The number of nitrogens with one attached hydrogen (secondary N) is 1. The van der Waals surface area contributed by atoms with E-state index in [9.17, 15) is 0 Å². The molecular formula is C17H26N2. The fraction of sp³-hybridized carbons (Fsp3) is 0.647. The Morgan fingerprint density at radius 3 is 2.42 bits per heavy atom. The van der Waals surface area contributed by atoms with Crippen LogP contribution in [0.5, 0.6) is 0 Å². The fourth-order valence-corrected chi connectivity index (χ4v) is 3.62. The number of hydrogen-bond donors (Lipinski definition) is 1. The molecule has 0 unspecified atom stereocenters. The van der Waals surface area contributed by atoms with Gasteiger partial charge < -0.3 is 10.2 Å².